The van der Waals surface area contributed by atoms with Crippen LogP contribution in [0.1, 0.15) is 0 Å². The third kappa shape index (κ3) is 3.40. The highest BCUT2D eigenvalue weighted by atomic mass is 32.1. The Morgan fingerprint density at radius 2 is 0.833 bits per heavy atom. The number of hydrogen-bond acceptors (Lipinski definition) is 6. The van der Waals surface area contributed by atoms with Crippen molar-refractivity contribution in [2.45, 2.75) is 0 Å². The molecule has 0 amide bonds. The summed E-state index contributed by atoms with van der Waals surface area (Å²) in [7, 11) is 0. The van der Waals surface area contributed by atoms with Gasteiger partial charge in [0, 0.05) is 9.40 Å². The average Bonchev–Trinajstić information content (AvgIpc) is 3.79. The standard InChI is InChI=1S/C36H18N2O2S2/c1-3-7-21-15-31-25(9-19(21)5-1)17-33(41-31)35-37-27-11-23-14-30-28(12-24(23)13-29(27)39-35)38-36(40-30)34-18-26-10-20-6-2-4-8-22(20)16-32(26)42-34/h1-18H. The predicted octanol–water partition coefficient (Wildman–Crippen LogP) is 11.2. The Bertz CT molecular complexity index is 2350. The molecule has 4 nitrogen and oxygen atoms in total. The van der Waals surface area contributed by atoms with E-state index in [0.29, 0.717) is 11.8 Å². The number of oxazole rings is 2. The van der Waals surface area contributed by atoms with Crippen LogP contribution in [0, 0.1) is 0 Å². The van der Waals surface area contributed by atoms with Gasteiger partial charge < -0.3 is 8.83 Å². The quantitative estimate of drug-likeness (QED) is 0.206. The van der Waals surface area contributed by atoms with E-state index >= 15 is 0 Å². The molecule has 0 atom stereocenters. The number of aromatic nitrogens is 2. The highest BCUT2D eigenvalue weighted by Crippen LogP contribution is 2.39. The molecule has 0 fully saturated rings. The van der Waals surface area contributed by atoms with E-state index in [-0.39, 0.29) is 0 Å². The summed E-state index contributed by atoms with van der Waals surface area (Å²) >= 11 is 3.42. The zero-order valence-electron chi connectivity index (χ0n) is 21.9. The second kappa shape index (κ2) is 8.26. The number of rotatable bonds is 2. The maximum atomic E-state index is 6.30. The Morgan fingerprint density at radius 3 is 1.29 bits per heavy atom. The Balaban J connectivity index is 1.06. The Hall–Kier alpha value is -5.04. The van der Waals surface area contributed by atoms with Gasteiger partial charge in [0.05, 0.1) is 9.75 Å². The van der Waals surface area contributed by atoms with Gasteiger partial charge in [-0.1, -0.05) is 48.5 Å². The lowest BCUT2D eigenvalue weighted by molar-refractivity contribution is 0.621. The molecule has 6 aromatic carbocycles. The lowest BCUT2D eigenvalue weighted by atomic mass is 10.1. The third-order valence-electron chi connectivity index (χ3n) is 8.04. The molecule has 0 aliphatic rings. The van der Waals surface area contributed by atoms with E-state index in [1.54, 1.807) is 22.7 Å². The van der Waals surface area contributed by atoms with Crippen molar-refractivity contribution in [3.8, 4) is 21.5 Å². The summed E-state index contributed by atoms with van der Waals surface area (Å²) in [5, 5.41) is 9.45. The van der Waals surface area contributed by atoms with Gasteiger partial charge >= 0.3 is 0 Å². The van der Waals surface area contributed by atoms with Gasteiger partial charge in [-0.25, -0.2) is 9.97 Å². The van der Waals surface area contributed by atoms with Crippen molar-refractivity contribution in [3.63, 3.8) is 0 Å². The fourth-order valence-electron chi connectivity index (χ4n) is 5.97. The van der Waals surface area contributed by atoms with Gasteiger partial charge in [0.25, 0.3) is 0 Å². The van der Waals surface area contributed by atoms with Gasteiger partial charge in [-0.15, -0.1) is 22.7 Å². The minimum atomic E-state index is 0.645. The molecular formula is C36H18N2O2S2. The van der Waals surface area contributed by atoms with Crippen LogP contribution in [0.5, 0.6) is 0 Å². The lowest BCUT2D eigenvalue weighted by Crippen LogP contribution is -1.76. The van der Waals surface area contributed by atoms with Crippen molar-refractivity contribution < 1.29 is 8.83 Å². The normalized spacial score (nSPS) is 12.3. The zero-order chi connectivity index (χ0) is 27.4. The molecule has 0 bridgehead atoms. The SMILES string of the molecule is c1ccc2cc3sc(-c4nc5cc6cc7oc(-c8cc9cc%10ccccc%10cc9s8)nc7cc6cc5o4)cc3cc2c1. The van der Waals surface area contributed by atoms with Crippen molar-refractivity contribution in [1.82, 2.24) is 9.97 Å². The molecule has 0 saturated carbocycles. The zero-order valence-corrected chi connectivity index (χ0v) is 23.6. The lowest BCUT2D eigenvalue weighted by Gasteiger charge is -1.96. The van der Waals surface area contributed by atoms with E-state index in [1.807, 2.05) is 0 Å². The topological polar surface area (TPSA) is 52.1 Å². The van der Waals surface area contributed by atoms with Gasteiger partial charge in [0.2, 0.25) is 11.8 Å². The van der Waals surface area contributed by atoms with Crippen molar-refractivity contribution in [2.75, 3.05) is 0 Å². The van der Waals surface area contributed by atoms with Crippen LogP contribution in [0.15, 0.2) is 118 Å². The van der Waals surface area contributed by atoms with Gasteiger partial charge in [0.15, 0.2) is 11.2 Å². The summed E-state index contributed by atoms with van der Waals surface area (Å²) in [4.78, 5) is 11.8. The molecule has 10 rings (SSSR count). The summed E-state index contributed by atoms with van der Waals surface area (Å²) in [6, 6.07) is 38.5. The highest BCUT2D eigenvalue weighted by Gasteiger charge is 2.16. The number of nitrogens with zero attached hydrogens (tertiary/aromatic N) is 2. The second-order valence-electron chi connectivity index (χ2n) is 10.7. The minimum Gasteiger partial charge on any atom is -0.435 e. The molecule has 4 aromatic heterocycles. The van der Waals surface area contributed by atoms with E-state index in [0.717, 1.165) is 42.7 Å². The number of benzene rings is 6. The summed E-state index contributed by atoms with van der Waals surface area (Å²) in [5.74, 6) is 1.29. The molecule has 0 saturated heterocycles. The number of hydrogen-bond donors (Lipinski definition) is 0. The van der Waals surface area contributed by atoms with Crippen molar-refractivity contribution >= 4 is 97.4 Å². The largest absolute Gasteiger partial charge is 0.435 e. The highest BCUT2D eigenvalue weighted by molar-refractivity contribution is 7.22. The van der Waals surface area contributed by atoms with E-state index in [9.17, 15) is 0 Å². The number of fused-ring (bicyclic) bond motifs is 7. The van der Waals surface area contributed by atoms with Crippen LogP contribution >= 0.6 is 22.7 Å². The molecule has 0 unspecified atom stereocenters. The van der Waals surface area contributed by atoms with Crippen LogP contribution in [0.2, 0.25) is 0 Å². The first-order chi connectivity index (χ1) is 20.7. The molecule has 10 aromatic rings. The number of thiophene rings is 2. The van der Waals surface area contributed by atoms with Gasteiger partial charge in [-0.05, 0) is 104 Å². The Morgan fingerprint density at radius 1 is 0.405 bits per heavy atom. The average molecular weight is 575 g/mol. The van der Waals surface area contributed by atoms with Crippen LogP contribution in [-0.4, -0.2) is 9.97 Å². The molecule has 0 radical (unpaired) electrons. The maximum Gasteiger partial charge on any atom is 0.237 e. The van der Waals surface area contributed by atoms with Crippen LogP contribution in [0.4, 0.5) is 0 Å². The molecule has 0 aliphatic carbocycles. The van der Waals surface area contributed by atoms with Crippen molar-refractivity contribution in [1.29, 1.82) is 0 Å². The Labute approximate surface area is 246 Å². The summed E-state index contributed by atoms with van der Waals surface area (Å²) in [5.41, 5.74) is 3.19. The van der Waals surface area contributed by atoms with Crippen molar-refractivity contribution in [2.24, 2.45) is 0 Å². The van der Waals surface area contributed by atoms with Crippen LogP contribution in [0.25, 0.3) is 96.2 Å². The first-order valence-electron chi connectivity index (χ1n) is 13.7. The monoisotopic (exact) mass is 574 g/mol. The molecule has 42 heavy (non-hydrogen) atoms. The first-order valence-corrected chi connectivity index (χ1v) is 15.3. The predicted molar refractivity (Wildman–Crippen MR) is 176 cm³/mol. The van der Waals surface area contributed by atoms with Crippen LogP contribution in [0.3, 0.4) is 0 Å². The van der Waals surface area contributed by atoms with Crippen LogP contribution < -0.4 is 0 Å². The molecule has 6 heteroatoms. The maximum absolute atomic E-state index is 6.30. The molecule has 0 aliphatic heterocycles. The molecule has 196 valence electrons. The van der Waals surface area contributed by atoms with E-state index in [1.165, 1.54) is 41.7 Å². The smallest absolute Gasteiger partial charge is 0.237 e. The first kappa shape index (κ1) is 22.6. The van der Waals surface area contributed by atoms with E-state index < -0.39 is 0 Å². The molecule has 4 heterocycles. The minimum absolute atomic E-state index is 0.645. The van der Waals surface area contributed by atoms with Crippen molar-refractivity contribution in [3.05, 3.63) is 109 Å². The fourth-order valence-corrected chi connectivity index (χ4v) is 8.01. The summed E-state index contributed by atoms with van der Waals surface area (Å²) in [6.45, 7) is 0. The van der Waals surface area contributed by atoms with E-state index in [2.05, 4.69) is 109 Å². The molecule has 0 spiro atoms. The van der Waals surface area contributed by atoms with Gasteiger partial charge in [-0.2, -0.15) is 0 Å². The van der Waals surface area contributed by atoms with Gasteiger partial charge in [0.1, 0.15) is 11.0 Å². The third-order valence-corrected chi connectivity index (χ3v) is 10.2. The van der Waals surface area contributed by atoms with E-state index in [4.69, 9.17) is 18.8 Å². The van der Waals surface area contributed by atoms with Crippen LogP contribution in [-0.2, 0) is 0 Å². The molecule has 0 N–H and O–H groups in total. The fraction of sp³-hybridized carbons (Fsp3) is 0. The Kier molecular flexibility index (Phi) is 4.45. The van der Waals surface area contributed by atoms with Gasteiger partial charge in [-0.3, -0.25) is 0 Å². The molecular weight excluding hydrogens is 557 g/mol. The summed E-state index contributed by atoms with van der Waals surface area (Å²) in [6.07, 6.45) is 0. The summed E-state index contributed by atoms with van der Waals surface area (Å²) < 4.78 is 15.1. The second-order valence-corrected chi connectivity index (χ2v) is 12.9.